The number of halogens is 3. The van der Waals surface area contributed by atoms with Gasteiger partial charge in [0.05, 0.1) is 36.6 Å². The molecule has 0 aliphatic carbocycles. The van der Waals surface area contributed by atoms with Crippen molar-refractivity contribution in [2.75, 3.05) is 25.7 Å². The molecule has 3 aromatic rings. The van der Waals surface area contributed by atoms with E-state index in [1.165, 1.54) is 38.5 Å². The van der Waals surface area contributed by atoms with Gasteiger partial charge in [-0.15, -0.1) is 0 Å². The standard InChI is InChI=1S/C28H23Cl3N2O7/c1-4-39-24-11-16(10-20(31)25(24)40-14-15-6-5-7-17(29)8-15)9-18-26(34)32-28(36)33(27(18)35)21-13-22(37-2)19(30)12-23(21)38-3/h5-13H,4,14H2,1-3H3,(H,32,34,36)/b18-9+. The van der Waals surface area contributed by atoms with E-state index >= 15 is 0 Å². The number of hydrogen-bond donors (Lipinski definition) is 1. The summed E-state index contributed by atoms with van der Waals surface area (Å²) in [6.45, 7) is 2.25. The maximum atomic E-state index is 13.5. The zero-order valence-corrected chi connectivity index (χ0v) is 23.8. The van der Waals surface area contributed by atoms with E-state index in [0.717, 1.165) is 10.5 Å². The average molecular weight is 606 g/mol. The Hall–Kier alpha value is -3.92. The Kier molecular flexibility index (Phi) is 9.09. The number of urea groups is 1. The lowest BCUT2D eigenvalue weighted by molar-refractivity contribution is -0.122. The van der Waals surface area contributed by atoms with Crippen LogP contribution in [-0.2, 0) is 16.2 Å². The van der Waals surface area contributed by atoms with Crippen molar-refractivity contribution >= 4 is 64.4 Å². The van der Waals surface area contributed by atoms with Crippen molar-refractivity contribution in [3.8, 4) is 23.0 Å². The van der Waals surface area contributed by atoms with E-state index in [1.54, 1.807) is 31.2 Å². The van der Waals surface area contributed by atoms with Gasteiger partial charge < -0.3 is 18.9 Å². The largest absolute Gasteiger partial charge is 0.495 e. The highest BCUT2D eigenvalue weighted by Crippen LogP contribution is 2.40. The highest BCUT2D eigenvalue weighted by atomic mass is 35.5. The molecular formula is C28H23Cl3N2O7. The topological polar surface area (TPSA) is 103 Å². The van der Waals surface area contributed by atoms with E-state index in [0.29, 0.717) is 22.9 Å². The summed E-state index contributed by atoms with van der Waals surface area (Å²) in [6.07, 6.45) is 1.30. The highest BCUT2D eigenvalue weighted by molar-refractivity contribution is 6.40. The molecule has 1 aliphatic rings. The third kappa shape index (κ3) is 6.12. The zero-order chi connectivity index (χ0) is 29.0. The summed E-state index contributed by atoms with van der Waals surface area (Å²) in [5, 5.41) is 3.12. The second kappa shape index (κ2) is 12.5. The molecule has 0 spiro atoms. The van der Waals surface area contributed by atoms with Crippen LogP contribution < -0.4 is 29.2 Å². The van der Waals surface area contributed by atoms with E-state index in [1.807, 2.05) is 6.07 Å². The Morgan fingerprint density at radius 3 is 2.30 bits per heavy atom. The van der Waals surface area contributed by atoms with Gasteiger partial charge in [-0.3, -0.25) is 14.9 Å². The fraction of sp³-hybridized carbons (Fsp3) is 0.179. The van der Waals surface area contributed by atoms with Gasteiger partial charge in [0, 0.05) is 17.2 Å². The predicted octanol–water partition coefficient (Wildman–Crippen LogP) is 6.31. The van der Waals surface area contributed by atoms with Gasteiger partial charge in [-0.05, 0) is 48.4 Å². The van der Waals surface area contributed by atoms with Gasteiger partial charge in [0.25, 0.3) is 11.8 Å². The number of imide groups is 2. The maximum absolute atomic E-state index is 13.5. The van der Waals surface area contributed by atoms with Crippen LogP contribution in [-0.4, -0.2) is 38.7 Å². The van der Waals surface area contributed by atoms with Gasteiger partial charge in [0.1, 0.15) is 23.7 Å². The number of amides is 4. The minimum Gasteiger partial charge on any atom is -0.495 e. The molecule has 0 bridgehead atoms. The SMILES string of the molecule is CCOc1cc(/C=C2\C(=O)NC(=O)N(c3cc(OC)c(Cl)cc3OC)C2=O)cc(Cl)c1OCc1cccc(Cl)c1. The molecule has 4 rings (SSSR count). The lowest BCUT2D eigenvalue weighted by Gasteiger charge is -2.28. The van der Waals surface area contributed by atoms with E-state index in [9.17, 15) is 14.4 Å². The van der Waals surface area contributed by atoms with Gasteiger partial charge in [-0.1, -0.05) is 46.9 Å². The molecule has 1 N–H and O–H groups in total. The first-order valence-corrected chi connectivity index (χ1v) is 13.0. The first-order chi connectivity index (χ1) is 19.2. The number of hydrogen-bond acceptors (Lipinski definition) is 7. The van der Waals surface area contributed by atoms with Crippen molar-refractivity contribution in [1.29, 1.82) is 0 Å². The minimum absolute atomic E-state index is 0.0300. The average Bonchev–Trinajstić information content (AvgIpc) is 2.91. The first kappa shape index (κ1) is 29.1. The van der Waals surface area contributed by atoms with Gasteiger partial charge in [0.15, 0.2) is 11.5 Å². The van der Waals surface area contributed by atoms with Crippen molar-refractivity contribution in [1.82, 2.24) is 5.32 Å². The van der Waals surface area contributed by atoms with Crippen LogP contribution in [0.15, 0.2) is 54.1 Å². The number of benzene rings is 3. The summed E-state index contributed by atoms with van der Waals surface area (Å²) in [7, 11) is 2.73. The normalized spacial score (nSPS) is 14.3. The molecular weight excluding hydrogens is 583 g/mol. The van der Waals surface area contributed by atoms with Crippen molar-refractivity contribution < 1.29 is 33.3 Å². The van der Waals surface area contributed by atoms with Crippen LogP contribution in [0.4, 0.5) is 10.5 Å². The van der Waals surface area contributed by atoms with Crippen molar-refractivity contribution in [2.24, 2.45) is 0 Å². The minimum atomic E-state index is -0.965. The van der Waals surface area contributed by atoms with E-state index in [4.69, 9.17) is 53.8 Å². The summed E-state index contributed by atoms with van der Waals surface area (Å²) in [5.74, 6) is -0.898. The van der Waals surface area contributed by atoms with Crippen LogP contribution in [0.3, 0.4) is 0 Å². The Labute approximate surface area is 245 Å². The van der Waals surface area contributed by atoms with Crippen LogP contribution in [0.1, 0.15) is 18.1 Å². The molecule has 40 heavy (non-hydrogen) atoms. The summed E-state index contributed by atoms with van der Waals surface area (Å²) < 4.78 is 22.2. The molecule has 1 heterocycles. The lowest BCUT2D eigenvalue weighted by atomic mass is 10.1. The molecule has 3 aromatic carbocycles. The fourth-order valence-electron chi connectivity index (χ4n) is 3.92. The number of anilines is 1. The third-order valence-corrected chi connectivity index (χ3v) is 6.52. The Morgan fingerprint density at radius 2 is 1.62 bits per heavy atom. The van der Waals surface area contributed by atoms with Gasteiger partial charge in [-0.25, -0.2) is 9.69 Å². The second-order valence-electron chi connectivity index (χ2n) is 8.30. The number of ether oxygens (including phenoxy) is 4. The van der Waals surface area contributed by atoms with Gasteiger partial charge in [0.2, 0.25) is 0 Å². The monoisotopic (exact) mass is 604 g/mol. The lowest BCUT2D eigenvalue weighted by Crippen LogP contribution is -2.54. The van der Waals surface area contributed by atoms with Crippen LogP contribution in [0.5, 0.6) is 23.0 Å². The van der Waals surface area contributed by atoms with E-state index < -0.39 is 17.8 Å². The van der Waals surface area contributed by atoms with Gasteiger partial charge >= 0.3 is 6.03 Å². The van der Waals surface area contributed by atoms with Crippen LogP contribution >= 0.6 is 34.8 Å². The molecule has 1 fully saturated rings. The predicted molar refractivity (Wildman–Crippen MR) is 152 cm³/mol. The molecule has 12 heteroatoms. The summed E-state index contributed by atoms with van der Waals surface area (Å²) in [5.41, 5.74) is 0.877. The number of carbonyl (C=O) groups is 3. The Bertz CT molecular complexity index is 1520. The number of nitrogens with zero attached hydrogens (tertiary/aromatic N) is 1. The Balaban J connectivity index is 1.71. The van der Waals surface area contributed by atoms with Crippen molar-refractivity contribution in [3.05, 3.63) is 80.3 Å². The molecule has 0 atom stereocenters. The molecule has 1 saturated heterocycles. The smallest absolute Gasteiger partial charge is 0.336 e. The van der Waals surface area contributed by atoms with Gasteiger partial charge in [-0.2, -0.15) is 0 Å². The fourth-order valence-corrected chi connectivity index (χ4v) is 4.64. The molecule has 0 saturated carbocycles. The highest BCUT2D eigenvalue weighted by Gasteiger charge is 2.38. The Morgan fingerprint density at radius 1 is 0.875 bits per heavy atom. The molecule has 0 unspecified atom stereocenters. The van der Waals surface area contributed by atoms with Crippen molar-refractivity contribution in [3.63, 3.8) is 0 Å². The molecule has 0 radical (unpaired) electrons. The van der Waals surface area contributed by atoms with E-state index in [2.05, 4.69) is 5.32 Å². The molecule has 9 nitrogen and oxygen atoms in total. The van der Waals surface area contributed by atoms with Crippen molar-refractivity contribution in [2.45, 2.75) is 13.5 Å². The molecule has 1 aliphatic heterocycles. The summed E-state index contributed by atoms with van der Waals surface area (Å²) >= 11 is 18.8. The maximum Gasteiger partial charge on any atom is 0.336 e. The molecule has 4 amide bonds. The number of rotatable bonds is 9. The molecule has 208 valence electrons. The summed E-state index contributed by atoms with van der Waals surface area (Å²) in [6, 6.07) is 12.0. The van der Waals surface area contributed by atoms with Crippen LogP contribution in [0.2, 0.25) is 15.1 Å². The van der Waals surface area contributed by atoms with Crippen LogP contribution in [0.25, 0.3) is 6.08 Å². The van der Waals surface area contributed by atoms with Crippen LogP contribution in [0, 0.1) is 0 Å². The number of barbiturate groups is 1. The third-order valence-electron chi connectivity index (χ3n) is 5.71. The first-order valence-electron chi connectivity index (χ1n) is 11.8. The zero-order valence-electron chi connectivity index (χ0n) is 21.5. The number of methoxy groups -OCH3 is 2. The second-order valence-corrected chi connectivity index (χ2v) is 9.55. The summed E-state index contributed by atoms with van der Waals surface area (Å²) in [4.78, 5) is 39.8. The molecule has 0 aromatic heterocycles. The quantitative estimate of drug-likeness (QED) is 0.225. The van der Waals surface area contributed by atoms with E-state index in [-0.39, 0.29) is 45.2 Å². The number of carbonyl (C=O) groups excluding carboxylic acids is 3. The number of nitrogens with one attached hydrogen (secondary N) is 1.